The summed E-state index contributed by atoms with van der Waals surface area (Å²) in [4.78, 5) is 25.8. The zero-order chi connectivity index (χ0) is 18.5. The number of benzene rings is 2. The van der Waals surface area contributed by atoms with Crippen molar-refractivity contribution in [1.29, 1.82) is 0 Å². The summed E-state index contributed by atoms with van der Waals surface area (Å²) in [5.74, 6) is -0.0636. The van der Waals surface area contributed by atoms with Crippen LogP contribution in [0.25, 0.3) is 11.1 Å². The van der Waals surface area contributed by atoms with E-state index in [0.717, 1.165) is 24.0 Å². The summed E-state index contributed by atoms with van der Waals surface area (Å²) in [5.41, 5.74) is 7.40. The molecule has 0 aliphatic carbocycles. The van der Waals surface area contributed by atoms with Crippen molar-refractivity contribution in [3.8, 4) is 16.9 Å². The Morgan fingerprint density at radius 2 is 1.77 bits per heavy atom. The highest BCUT2D eigenvalue weighted by Crippen LogP contribution is 2.30. The maximum Gasteiger partial charge on any atom is 0.260 e. The predicted molar refractivity (Wildman–Crippen MR) is 100 cm³/mol. The molecule has 5 heteroatoms. The molecule has 1 aliphatic rings. The van der Waals surface area contributed by atoms with E-state index in [1.54, 1.807) is 4.90 Å². The largest absolute Gasteiger partial charge is 0.483 e. The van der Waals surface area contributed by atoms with E-state index >= 15 is 0 Å². The smallest absolute Gasteiger partial charge is 0.260 e. The molecular formula is C21H24N2O3. The van der Waals surface area contributed by atoms with Gasteiger partial charge in [0.2, 0.25) is 5.91 Å². The second-order valence-electron chi connectivity index (χ2n) is 6.72. The standard InChI is InChI=1S/C21H24N2O3/c1-15-11-12-17(21(22)25)13-23(15)20(24)14-26-19-10-6-5-9-18(19)16-7-3-2-4-8-16/h2-10,15,17H,11-14H2,1H3,(H2,22,25)/t15-,17-/m1/s1. The SMILES string of the molecule is C[C@@H]1CC[C@@H](C(N)=O)CN1C(=O)COc1ccccc1-c1ccccc1. The average Bonchev–Trinajstić information content (AvgIpc) is 2.67. The summed E-state index contributed by atoms with van der Waals surface area (Å²) < 4.78 is 5.84. The number of nitrogens with two attached hydrogens (primary N) is 1. The van der Waals surface area contributed by atoms with Crippen molar-refractivity contribution in [3.63, 3.8) is 0 Å². The van der Waals surface area contributed by atoms with Crippen molar-refractivity contribution in [2.75, 3.05) is 13.2 Å². The van der Waals surface area contributed by atoms with Gasteiger partial charge in [-0.05, 0) is 31.4 Å². The van der Waals surface area contributed by atoms with Crippen LogP contribution in [0.4, 0.5) is 0 Å². The van der Waals surface area contributed by atoms with Gasteiger partial charge in [0.25, 0.3) is 5.91 Å². The first-order chi connectivity index (χ1) is 12.6. The summed E-state index contributed by atoms with van der Waals surface area (Å²) in [6.45, 7) is 2.31. The number of para-hydroxylation sites is 1. The molecule has 0 bridgehead atoms. The van der Waals surface area contributed by atoms with Crippen LogP contribution in [0.5, 0.6) is 5.75 Å². The van der Waals surface area contributed by atoms with Crippen LogP contribution >= 0.6 is 0 Å². The van der Waals surface area contributed by atoms with E-state index in [0.29, 0.717) is 12.3 Å². The summed E-state index contributed by atoms with van der Waals surface area (Å²) in [5, 5.41) is 0. The van der Waals surface area contributed by atoms with Gasteiger partial charge in [-0.2, -0.15) is 0 Å². The molecule has 0 saturated carbocycles. The number of amides is 2. The van der Waals surface area contributed by atoms with Crippen molar-refractivity contribution in [3.05, 3.63) is 54.6 Å². The molecule has 2 N–H and O–H groups in total. The van der Waals surface area contributed by atoms with Crippen LogP contribution in [0.15, 0.2) is 54.6 Å². The van der Waals surface area contributed by atoms with Crippen LogP contribution in [-0.2, 0) is 9.59 Å². The second-order valence-corrected chi connectivity index (χ2v) is 6.72. The first kappa shape index (κ1) is 18.0. The molecule has 136 valence electrons. The summed E-state index contributed by atoms with van der Waals surface area (Å²) in [6, 6.07) is 17.7. The van der Waals surface area contributed by atoms with Gasteiger partial charge in [-0.15, -0.1) is 0 Å². The molecule has 3 rings (SSSR count). The van der Waals surface area contributed by atoms with Gasteiger partial charge in [0, 0.05) is 18.2 Å². The Hall–Kier alpha value is -2.82. The van der Waals surface area contributed by atoms with Gasteiger partial charge in [0.1, 0.15) is 5.75 Å². The predicted octanol–water partition coefficient (Wildman–Crippen LogP) is 2.84. The van der Waals surface area contributed by atoms with E-state index in [9.17, 15) is 9.59 Å². The van der Waals surface area contributed by atoms with E-state index < -0.39 is 0 Å². The maximum atomic E-state index is 12.6. The van der Waals surface area contributed by atoms with E-state index in [4.69, 9.17) is 10.5 Å². The summed E-state index contributed by atoms with van der Waals surface area (Å²) in [7, 11) is 0. The number of carbonyl (C=O) groups excluding carboxylic acids is 2. The first-order valence-electron chi connectivity index (χ1n) is 8.92. The minimum absolute atomic E-state index is 0.0559. The molecule has 1 aliphatic heterocycles. The molecule has 0 unspecified atom stereocenters. The van der Waals surface area contributed by atoms with Gasteiger partial charge in [-0.1, -0.05) is 48.5 Å². The number of rotatable bonds is 5. The van der Waals surface area contributed by atoms with Gasteiger partial charge < -0.3 is 15.4 Å². The third kappa shape index (κ3) is 4.04. The van der Waals surface area contributed by atoms with Gasteiger partial charge in [-0.25, -0.2) is 0 Å². The molecule has 2 aromatic carbocycles. The first-order valence-corrected chi connectivity index (χ1v) is 8.92. The Labute approximate surface area is 153 Å². The number of nitrogens with zero attached hydrogens (tertiary/aromatic N) is 1. The highest BCUT2D eigenvalue weighted by atomic mass is 16.5. The fourth-order valence-corrected chi connectivity index (χ4v) is 3.36. The molecule has 2 amide bonds. The fourth-order valence-electron chi connectivity index (χ4n) is 3.36. The summed E-state index contributed by atoms with van der Waals surface area (Å²) in [6.07, 6.45) is 1.51. The molecule has 1 fully saturated rings. The molecule has 2 aromatic rings. The van der Waals surface area contributed by atoms with Crippen molar-refractivity contribution in [2.45, 2.75) is 25.8 Å². The highest BCUT2D eigenvalue weighted by Gasteiger charge is 2.31. The van der Waals surface area contributed by atoms with Crippen LogP contribution in [-0.4, -0.2) is 35.9 Å². The van der Waals surface area contributed by atoms with Crippen molar-refractivity contribution in [2.24, 2.45) is 11.7 Å². The third-order valence-corrected chi connectivity index (χ3v) is 4.93. The van der Waals surface area contributed by atoms with Crippen LogP contribution in [0.2, 0.25) is 0 Å². The minimum atomic E-state index is -0.343. The Bertz CT molecular complexity index is 776. The monoisotopic (exact) mass is 352 g/mol. The second kappa shape index (κ2) is 8.04. The zero-order valence-corrected chi connectivity index (χ0v) is 14.9. The number of ether oxygens (including phenoxy) is 1. The number of carbonyl (C=O) groups is 2. The lowest BCUT2D eigenvalue weighted by atomic mass is 9.93. The molecule has 26 heavy (non-hydrogen) atoms. The minimum Gasteiger partial charge on any atom is -0.483 e. The number of piperidine rings is 1. The Kier molecular flexibility index (Phi) is 5.56. The Balaban J connectivity index is 1.69. The number of likely N-dealkylation sites (tertiary alicyclic amines) is 1. The molecule has 1 heterocycles. The number of hydrogen-bond acceptors (Lipinski definition) is 3. The van der Waals surface area contributed by atoms with Crippen molar-refractivity contribution >= 4 is 11.8 Å². The molecule has 2 atom stereocenters. The lowest BCUT2D eigenvalue weighted by Crippen LogP contribution is -2.50. The lowest BCUT2D eigenvalue weighted by molar-refractivity contribution is -0.139. The lowest BCUT2D eigenvalue weighted by Gasteiger charge is -2.36. The van der Waals surface area contributed by atoms with Gasteiger partial charge in [-0.3, -0.25) is 9.59 Å². The Morgan fingerprint density at radius 3 is 2.50 bits per heavy atom. The van der Waals surface area contributed by atoms with Crippen LogP contribution in [0, 0.1) is 5.92 Å². The van der Waals surface area contributed by atoms with Crippen molar-refractivity contribution in [1.82, 2.24) is 4.90 Å². The van der Waals surface area contributed by atoms with E-state index in [2.05, 4.69) is 0 Å². The molecule has 0 aromatic heterocycles. The highest BCUT2D eigenvalue weighted by molar-refractivity contribution is 5.81. The fraction of sp³-hybridized carbons (Fsp3) is 0.333. The van der Waals surface area contributed by atoms with Crippen LogP contribution in [0.1, 0.15) is 19.8 Å². The normalized spacial score (nSPS) is 19.8. The molecule has 1 saturated heterocycles. The number of primary amides is 1. The van der Waals surface area contributed by atoms with E-state index in [-0.39, 0.29) is 30.4 Å². The topological polar surface area (TPSA) is 72.6 Å². The quantitative estimate of drug-likeness (QED) is 0.899. The van der Waals surface area contributed by atoms with E-state index in [1.165, 1.54) is 0 Å². The van der Waals surface area contributed by atoms with Gasteiger partial charge in [0.15, 0.2) is 6.61 Å². The third-order valence-electron chi connectivity index (χ3n) is 4.93. The van der Waals surface area contributed by atoms with Crippen molar-refractivity contribution < 1.29 is 14.3 Å². The summed E-state index contributed by atoms with van der Waals surface area (Å²) >= 11 is 0. The van der Waals surface area contributed by atoms with Gasteiger partial charge >= 0.3 is 0 Å². The van der Waals surface area contributed by atoms with Gasteiger partial charge in [0.05, 0.1) is 5.92 Å². The van der Waals surface area contributed by atoms with Crippen LogP contribution < -0.4 is 10.5 Å². The molecule has 5 nitrogen and oxygen atoms in total. The zero-order valence-electron chi connectivity index (χ0n) is 14.9. The maximum absolute atomic E-state index is 12.6. The van der Waals surface area contributed by atoms with Crippen LogP contribution in [0.3, 0.4) is 0 Å². The molecule has 0 spiro atoms. The molecule has 0 radical (unpaired) electrons. The molecular weight excluding hydrogens is 328 g/mol. The number of hydrogen-bond donors (Lipinski definition) is 1. The average molecular weight is 352 g/mol. The van der Waals surface area contributed by atoms with E-state index in [1.807, 2.05) is 61.5 Å². The Morgan fingerprint density at radius 1 is 1.08 bits per heavy atom.